The lowest BCUT2D eigenvalue weighted by atomic mass is 9.81. The molecule has 2 heterocycles. The molecule has 0 atom stereocenters. The van der Waals surface area contributed by atoms with Gasteiger partial charge in [0.15, 0.2) is 0 Å². The first kappa shape index (κ1) is 31.1. The van der Waals surface area contributed by atoms with Gasteiger partial charge in [0.2, 0.25) is 0 Å². The Morgan fingerprint density at radius 3 is 1.62 bits per heavy atom. The van der Waals surface area contributed by atoms with Gasteiger partial charge in [-0.3, -0.25) is 0 Å². The predicted octanol–water partition coefficient (Wildman–Crippen LogP) is 12.9. The maximum Gasteiger partial charge on any atom is 0.0991 e. The highest BCUT2D eigenvalue weighted by atomic mass is 14.7. The van der Waals surface area contributed by atoms with Gasteiger partial charge in [0, 0.05) is 38.1 Å². The van der Waals surface area contributed by atoms with Crippen LogP contribution in [0.2, 0.25) is 0 Å². The molecule has 0 saturated carbocycles. The molecule has 0 unspecified atom stereocenters. The molecule has 7 aromatic carbocycles. The molecule has 10 rings (SSSR count). The number of benzene rings is 7. The van der Waals surface area contributed by atoms with E-state index < -0.39 is 0 Å². The average Bonchev–Trinajstić information content (AvgIpc) is 3.43. The zero-order valence-electron chi connectivity index (χ0n) is 30.1. The second-order valence-electron chi connectivity index (χ2n) is 14.9. The van der Waals surface area contributed by atoms with E-state index in [4.69, 9.17) is 9.97 Å². The largest absolute Gasteiger partial charge is 0.247 e. The lowest BCUT2D eigenvalue weighted by Gasteiger charge is -2.22. The summed E-state index contributed by atoms with van der Waals surface area (Å²) in [4.78, 5) is 10.9. The van der Waals surface area contributed by atoms with Gasteiger partial charge >= 0.3 is 0 Å². The molecule has 0 aliphatic heterocycles. The predicted molar refractivity (Wildman–Crippen MR) is 220 cm³/mol. The van der Waals surface area contributed by atoms with Crippen LogP contribution in [0.15, 0.2) is 140 Å². The van der Waals surface area contributed by atoms with Crippen LogP contribution in [0.4, 0.5) is 0 Å². The highest BCUT2D eigenvalue weighted by Crippen LogP contribution is 2.50. The highest BCUT2D eigenvalue weighted by molar-refractivity contribution is 6.25. The van der Waals surface area contributed by atoms with Crippen LogP contribution in [0.1, 0.15) is 41.7 Å². The molecule has 0 N–H and O–H groups in total. The molecular formula is C50H35N3. The molecule has 2 aromatic heterocycles. The lowest BCUT2D eigenvalue weighted by Crippen LogP contribution is -2.15. The van der Waals surface area contributed by atoms with Crippen LogP contribution in [-0.2, 0) is 5.41 Å². The molecule has 3 heteroatoms. The third-order valence-corrected chi connectivity index (χ3v) is 11.6. The number of para-hydroxylation sites is 1. The van der Waals surface area contributed by atoms with Gasteiger partial charge in [-0.1, -0.05) is 123 Å². The fourth-order valence-corrected chi connectivity index (χ4v) is 9.01. The van der Waals surface area contributed by atoms with Crippen LogP contribution < -0.4 is 0 Å². The van der Waals surface area contributed by atoms with Crippen molar-refractivity contribution in [2.45, 2.75) is 33.1 Å². The smallest absolute Gasteiger partial charge is 0.0991 e. The van der Waals surface area contributed by atoms with Crippen LogP contribution in [-0.4, -0.2) is 9.97 Å². The Kier molecular flexibility index (Phi) is 6.72. The molecule has 1 aliphatic rings. The summed E-state index contributed by atoms with van der Waals surface area (Å²) in [6.07, 6.45) is 0. The molecular weight excluding hydrogens is 643 g/mol. The zero-order valence-corrected chi connectivity index (χ0v) is 30.1. The van der Waals surface area contributed by atoms with E-state index in [0.29, 0.717) is 5.56 Å². The van der Waals surface area contributed by atoms with Crippen LogP contribution in [0.5, 0.6) is 0 Å². The summed E-state index contributed by atoms with van der Waals surface area (Å²) in [5.74, 6) is 0. The number of fused-ring (bicyclic) bond motifs is 9. The first-order valence-corrected chi connectivity index (χ1v) is 18.2. The molecule has 1 aliphatic carbocycles. The van der Waals surface area contributed by atoms with Gasteiger partial charge in [0.05, 0.1) is 34.1 Å². The first-order chi connectivity index (χ1) is 25.8. The number of hydrogen-bond acceptors (Lipinski definition) is 3. The van der Waals surface area contributed by atoms with E-state index in [9.17, 15) is 5.26 Å². The molecule has 0 fully saturated rings. The number of nitriles is 1. The zero-order chi connectivity index (χ0) is 36.0. The maximum atomic E-state index is 9.63. The van der Waals surface area contributed by atoms with Crippen molar-refractivity contribution in [1.82, 2.24) is 9.97 Å². The van der Waals surface area contributed by atoms with E-state index in [2.05, 4.69) is 167 Å². The van der Waals surface area contributed by atoms with Crippen molar-refractivity contribution in [2.75, 3.05) is 0 Å². The number of hydrogen-bond donors (Lipinski definition) is 0. The fraction of sp³-hybridized carbons (Fsp3) is 0.100. The minimum Gasteiger partial charge on any atom is -0.247 e. The summed E-state index contributed by atoms with van der Waals surface area (Å²) in [7, 11) is 0. The molecule has 53 heavy (non-hydrogen) atoms. The second kappa shape index (κ2) is 11.4. The number of pyridine rings is 2. The van der Waals surface area contributed by atoms with Gasteiger partial charge in [-0.15, -0.1) is 0 Å². The van der Waals surface area contributed by atoms with Crippen LogP contribution in [0, 0.1) is 25.2 Å². The van der Waals surface area contributed by atoms with Gasteiger partial charge in [-0.2, -0.15) is 5.26 Å². The number of nitrogens with zero attached hydrogens (tertiary/aromatic N) is 3. The minimum absolute atomic E-state index is 0.219. The second-order valence-corrected chi connectivity index (χ2v) is 14.9. The van der Waals surface area contributed by atoms with Crippen LogP contribution in [0.3, 0.4) is 0 Å². The monoisotopic (exact) mass is 677 g/mol. The van der Waals surface area contributed by atoms with E-state index in [-0.39, 0.29) is 5.41 Å². The Labute approximate surface area is 308 Å². The van der Waals surface area contributed by atoms with Gasteiger partial charge < -0.3 is 0 Å². The van der Waals surface area contributed by atoms with Gasteiger partial charge in [0.1, 0.15) is 0 Å². The molecule has 0 amide bonds. The topological polar surface area (TPSA) is 49.6 Å². The Morgan fingerprint density at radius 2 is 0.981 bits per heavy atom. The molecule has 250 valence electrons. The van der Waals surface area contributed by atoms with Crippen LogP contribution in [0.25, 0.3) is 88.1 Å². The number of aromatic nitrogens is 2. The average molecular weight is 678 g/mol. The van der Waals surface area contributed by atoms with Crippen molar-refractivity contribution in [1.29, 1.82) is 5.26 Å². The Morgan fingerprint density at radius 1 is 0.472 bits per heavy atom. The van der Waals surface area contributed by atoms with Crippen molar-refractivity contribution in [2.24, 2.45) is 0 Å². The van der Waals surface area contributed by atoms with Gasteiger partial charge in [-0.25, -0.2) is 9.97 Å². The third kappa shape index (κ3) is 4.52. The molecule has 0 spiro atoms. The summed E-state index contributed by atoms with van der Waals surface area (Å²) < 4.78 is 0. The minimum atomic E-state index is -0.219. The van der Waals surface area contributed by atoms with Crippen molar-refractivity contribution in [3.63, 3.8) is 0 Å². The summed E-state index contributed by atoms with van der Waals surface area (Å²) in [5.41, 5.74) is 16.3. The van der Waals surface area contributed by atoms with Crippen molar-refractivity contribution >= 4 is 43.4 Å². The standard InChI is InChI=1S/C50H35N3/c1-29-44-38-17-11-12-18-42(38)52-48(32-13-7-5-8-14-32)46(44)30(2)45-39-24-21-35(27-43(39)53-49(47(29)45)33-15-9-6-10-16-33)34-20-23-37-36-22-19-31(28-51)25-40(36)50(3,4)41(37)26-34/h5-27H,1-4H3. The van der Waals surface area contributed by atoms with Gasteiger partial charge in [-0.05, 0) is 99.5 Å². The number of aryl methyl sites for hydroxylation is 2. The normalized spacial score (nSPS) is 13.0. The van der Waals surface area contributed by atoms with Gasteiger partial charge in [0.25, 0.3) is 0 Å². The quantitative estimate of drug-likeness (QED) is 0.138. The molecule has 3 nitrogen and oxygen atoms in total. The van der Waals surface area contributed by atoms with E-state index in [1.165, 1.54) is 54.9 Å². The first-order valence-electron chi connectivity index (χ1n) is 18.2. The summed E-state index contributed by atoms with van der Waals surface area (Å²) >= 11 is 0. The Hall–Kier alpha value is -6.63. The van der Waals surface area contributed by atoms with Crippen molar-refractivity contribution in [3.8, 4) is 50.8 Å². The highest BCUT2D eigenvalue weighted by Gasteiger charge is 2.36. The summed E-state index contributed by atoms with van der Waals surface area (Å²) in [6.45, 7) is 9.07. The van der Waals surface area contributed by atoms with E-state index in [0.717, 1.165) is 55.4 Å². The summed E-state index contributed by atoms with van der Waals surface area (Å²) in [6, 6.07) is 51.8. The molecule has 0 radical (unpaired) electrons. The van der Waals surface area contributed by atoms with E-state index >= 15 is 0 Å². The third-order valence-electron chi connectivity index (χ3n) is 11.6. The van der Waals surface area contributed by atoms with E-state index in [1.54, 1.807) is 0 Å². The summed E-state index contributed by atoms with van der Waals surface area (Å²) in [5, 5.41) is 16.8. The Balaban J connectivity index is 1.27. The Bertz CT molecular complexity index is 3040. The molecule has 0 bridgehead atoms. The maximum absolute atomic E-state index is 9.63. The molecule has 0 saturated heterocycles. The van der Waals surface area contributed by atoms with E-state index in [1.807, 2.05) is 6.07 Å². The lowest BCUT2D eigenvalue weighted by molar-refractivity contribution is 0.660. The number of rotatable bonds is 3. The van der Waals surface area contributed by atoms with Crippen LogP contribution >= 0.6 is 0 Å². The van der Waals surface area contributed by atoms with Crippen molar-refractivity contribution < 1.29 is 0 Å². The van der Waals surface area contributed by atoms with Crippen molar-refractivity contribution in [3.05, 3.63) is 167 Å². The fourth-order valence-electron chi connectivity index (χ4n) is 9.01. The SMILES string of the molecule is Cc1c2c(-c3ccccc3)nc3cc(-c4ccc5c(c4)C(C)(C)c4cc(C#N)ccc4-5)ccc3c2c(C)c2c(-c3ccccc3)nc3ccccc3c12. The molecule has 9 aromatic rings.